The number of allylic oxidation sites excluding steroid dienone is 4. The van der Waals surface area contributed by atoms with Gasteiger partial charge >= 0.3 is 0 Å². The van der Waals surface area contributed by atoms with Crippen molar-refractivity contribution in [1.82, 2.24) is 9.97 Å². The molecule has 0 aliphatic carbocycles. The third-order valence-electron chi connectivity index (χ3n) is 4.33. The largest absolute Gasteiger partial charge is 0.359 e. The van der Waals surface area contributed by atoms with Crippen molar-refractivity contribution in [2.75, 3.05) is 0 Å². The van der Waals surface area contributed by atoms with Gasteiger partial charge in [0.25, 0.3) is 0 Å². The average Bonchev–Trinajstić information content (AvgIpc) is 3.32. The molecule has 4 heteroatoms. The van der Waals surface area contributed by atoms with Gasteiger partial charge in [0.05, 0.1) is 23.2 Å². The van der Waals surface area contributed by atoms with Gasteiger partial charge in [-0.3, -0.25) is 4.99 Å². The summed E-state index contributed by atoms with van der Waals surface area (Å²) in [6, 6.07) is 8.58. The summed E-state index contributed by atoms with van der Waals surface area (Å²) < 4.78 is 0. The zero-order chi connectivity index (χ0) is 15.9. The van der Waals surface area contributed by atoms with E-state index in [1.807, 2.05) is 18.2 Å². The Hall–Kier alpha value is -3.14. The van der Waals surface area contributed by atoms with Gasteiger partial charge in [0.1, 0.15) is 0 Å². The first-order valence-corrected chi connectivity index (χ1v) is 8.11. The lowest BCUT2D eigenvalue weighted by atomic mass is 10.2. The maximum Gasteiger partial charge on any atom is 0.0745 e. The summed E-state index contributed by atoms with van der Waals surface area (Å²) in [7, 11) is 0. The Kier molecular flexibility index (Phi) is 2.88. The highest BCUT2D eigenvalue weighted by molar-refractivity contribution is 6.19. The normalized spacial score (nSPS) is 21.0. The number of hydrogen-bond donors (Lipinski definition) is 2. The van der Waals surface area contributed by atoms with E-state index in [4.69, 9.17) is 4.99 Å². The first-order chi connectivity index (χ1) is 11.8. The van der Waals surface area contributed by atoms with Gasteiger partial charge in [0.15, 0.2) is 0 Å². The number of hydrogen-bond acceptors (Lipinski definition) is 2. The van der Waals surface area contributed by atoms with Crippen LogP contribution in [0.1, 0.15) is 11.4 Å². The van der Waals surface area contributed by atoms with Crippen LogP contribution in [0.25, 0.3) is 12.2 Å². The molecule has 2 aromatic heterocycles. The quantitative estimate of drug-likeness (QED) is 0.745. The molecule has 8 bridgehead atoms. The number of aromatic amines is 2. The third kappa shape index (κ3) is 2.52. The lowest BCUT2D eigenvalue weighted by Gasteiger charge is -2.02. The SMILES string of the molecule is C1=CC2=NC1=CC1=NC(C=C1)Cc1ccc([nH]1)C=c1ccc([nH]1)=C2. The number of rotatable bonds is 0. The van der Waals surface area contributed by atoms with Crippen molar-refractivity contribution < 1.29 is 0 Å². The van der Waals surface area contributed by atoms with E-state index < -0.39 is 0 Å². The Morgan fingerprint density at radius 2 is 1.75 bits per heavy atom. The predicted molar refractivity (Wildman–Crippen MR) is 97.6 cm³/mol. The monoisotopic (exact) mass is 312 g/mol. The van der Waals surface area contributed by atoms with Gasteiger partial charge in [-0.2, -0.15) is 0 Å². The van der Waals surface area contributed by atoms with E-state index in [9.17, 15) is 0 Å². The van der Waals surface area contributed by atoms with Crippen LogP contribution in [-0.4, -0.2) is 27.4 Å². The molecule has 0 fully saturated rings. The lowest BCUT2D eigenvalue weighted by molar-refractivity contribution is 0.807. The molecule has 3 aliphatic rings. The maximum absolute atomic E-state index is 4.76. The average molecular weight is 312 g/mol. The Labute approximate surface area is 139 Å². The highest BCUT2D eigenvalue weighted by Gasteiger charge is 2.13. The van der Waals surface area contributed by atoms with E-state index in [-0.39, 0.29) is 6.04 Å². The minimum absolute atomic E-state index is 0.189. The molecule has 116 valence electrons. The van der Waals surface area contributed by atoms with E-state index in [2.05, 4.69) is 63.5 Å². The maximum atomic E-state index is 4.76. The molecular weight excluding hydrogens is 296 g/mol. The number of fused-ring (bicyclic) bond motifs is 6. The van der Waals surface area contributed by atoms with Crippen molar-refractivity contribution >= 4 is 23.6 Å². The van der Waals surface area contributed by atoms with Crippen LogP contribution in [0.15, 0.2) is 70.3 Å². The Morgan fingerprint density at radius 1 is 0.833 bits per heavy atom. The summed E-state index contributed by atoms with van der Waals surface area (Å²) in [5.41, 5.74) is 5.16. The summed E-state index contributed by atoms with van der Waals surface area (Å²) in [6.45, 7) is 0. The molecule has 1 atom stereocenters. The molecule has 1 unspecified atom stereocenters. The molecule has 3 aliphatic heterocycles. The molecule has 0 amide bonds. The molecule has 0 spiro atoms. The second-order valence-corrected chi connectivity index (χ2v) is 6.22. The van der Waals surface area contributed by atoms with Crippen LogP contribution in [0.3, 0.4) is 0 Å². The molecule has 0 radical (unpaired) electrons. The van der Waals surface area contributed by atoms with Gasteiger partial charge in [0, 0.05) is 28.5 Å². The fourth-order valence-corrected chi connectivity index (χ4v) is 3.21. The van der Waals surface area contributed by atoms with Crippen molar-refractivity contribution in [1.29, 1.82) is 0 Å². The molecule has 5 rings (SSSR count). The fourth-order valence-electron chi connectivity index (χ4n) is 3.21. The number of aromatic nitrogens is 2. The summed E-state index contributed by atoms with van der Waals surface area (Å²) in [5.74, 6) is 0. The van der Waals surface area contributed by atoms with Crippen molar-refractivity contribution in [3.8, 4) is 0 Å². The summed E-state index contributed by atoms with van der Waals surface area (Å²) in [6.07, 6.45) is 15.4. The second kappa shape index (κ2) is 5.20. The van der Waals surface area contributed by atoms with E-state index in [0.29, 0.717) is 0 Å². The van der Waals surface area contributed by atoms with Gasteiger partial charge in [0.2, 0.25) is 0 Å². The second-order valence-electron chi connectivity index (χ2n) is 6.22. The molecule has 0 saturated heterocycles. The minimum atomic E-state index is 0.189. The Morgan fingerprint density at radius 3 is 2.71 bits per heavy atom. The molecule has 4 nitrogen and oxygen atoms in total. The van der Waals surface area contributed by atoms with Crippen molar-refractivity contribution in [3.63, 3.8) is 0 Å². The zero-order valence-electron chi connectivity index (χ0n) is 13.0. The van der Waals surface area contributed by atoms with E-state index in [0.717, 1.165) is 39.9 Å². The highest BCUT2D eigenvalue weighted by atomic mass is 14.8. The van der Waals surface area contributed by atoms with Gasteiger partial charge in [-0.15, -0.1) is 0 Å². The Balaban J connectivity index is 1.66. The van der Waals surface area contributed by atoms with Crippen LogP contribution in [-0.2, 0) is 6.42 Å². The molecule has 24 heavy (non-hydrogen) atoms. The minimum Gasteiger partial charge on any atom is -0.359 e. The van der Waals surface area contributed by atoms with Crippen LogP contribution in [0.2, 0.25) is 0 Å². The lowest BCUT2D eigenvalue weighted by Crippen LogP contribution is -2.11. The number of nitrogens with one attached hydrogen (secondary N) is 2. The van der Waals surface area contributed by atoms with Gasteiger partial charge in [-0.25, -0.2) is 4.99 Å². The first-order valence-electron chi connectivity index (χ1n) is 8.11. The molecule has 0 aromatic carbocycles. The highest BCUT2D eigenvalue weighted by Crippen LogP contribution is 2.16. The van der Waals surface area contributed by atoms with E-state index in [1.165, 1.54) is 5.69 Å². The van der Waals surface area contributed by atoms with Crippen LogP contribution in [0.5, 0.6) is 0 Å². The van der Waals surface area contributed by atoms with Crippen molar-refractivity contribution in [3.05, 3.63) is 82.4 Å². The zero-order valence-corrected chi connectivity index (χ0v) is 13.0. The molecule has 5 heterocycles. The molecule has 2 aromatic rings. The third-order valence-corrected chi connectivity index (χ3v) is 4.33. The molecule has 0 saturated carbocycles. The van der Waals surface area contributed by atoms with Crippen molar-refractivity contribution in [2.24, 2.45) is 9.98 Å². The van der Waals surface area contributed by atoms with E-state index >= 15 is 0 Å². The Bertz CT molecular complexity index is 1080. The molecule has 2 N–H and O–H groups in total. The number of aliphatic imine (C=N–C) groups is 2. The topological polar surface area (TPSA) is 56.3 Å². The van der Waals surface area contributed by atoms with Gasteiger partial charge in [-0.05, 0) is 60.7 Å². The molecular formula is C20H16N4. The first kappa shape index (κ1) is 13.3. The van der Waals surface area contributed by atoms with E-state index in [1.54, 1.807) is 0 Å². The number of H-pyrrole nitrogens is 2. The van der Waals surface area contributed by atoms with Crippen LogP contribution in [0.4, 0.5) is 0 Å². The predicted octanol–water partition coefficient (Wildman–Crippen LogP) is 1.78. The smallest absolute Gasteiger partial charge is 0.0745 e. The van der Waals surface area contributed by atoms with Crippen LogP contribution in [0, 0.1) is 0 Å². The number of nitrogens with zero attached hydrogens (tertiary/aromatic N) is 2. The van der Waals surface area contributed by atoms with Crippen LogP contribution >= 0.6 is 0 Å². The summed E-state index contributed by atoms with van der Waals surface area (Å²) in [5, 5.41) is 2.11. The standard InChI is InChI=1S/C20H16N4/c1-2-14-10-16-5-6-18(23-16)12-20-8-7-19(24-20)11-17-4-3-15(22-17)9-13(1)21-14/h1-11,18,22,24H,12H2. The summed E-state index contributed by atoms with van der Waals surface area (Å²) in [4.78, 5) is 16.3. The van der Waals surface area contributed by atoms with Gasteiger partial charge < -0.3 is 9.97 Å². The van der Waals surface area contributed by atoms with Crippen LogP contribution < -0.4 is 10.7 Å². The summed E-state index contributed by atoms with van der Waals surface area (Å²) >= 11 is 0. The fraction of sp³-hybridized carbons (Fsp3) is 0.100. The van der Waals surface area contributed by atoms with Crippen molar-refractivity contribution in [2.45, 2.75) is 12.5 Å². The van der Waals surface area contributed by atoms with Gasteiger partial charge in [-0.1, -0.05) is 6.08 Å².